The zero-order valence-corrected chi connectivity index (χ0v) is 16.1. The molecule has 0 spiro atoms. The highest BCUT2D eigenvalue weighted by molar-refractivity contribution is 6.24. The maximum Gasteiger partial charge on any atom is 0.282 e. The molecule has 1 heterocycles. The number of carbonyl (C=O) groups excluding carboxylic acids is 3. The number of nitro groups is 1. The van der Waals surface area contributed by atoms with Crippen molar-refractivity contribution >= 4 is 23.4 Å². The lowest BCUT2D eigenvalue weighted by Crippen LogP contribution is -2.50. The molecule has 0 N–H and O–H groups in total. The van der Waals surface area contributed by atoms with Gasteiger partial charge in [0.05, 0.1) is 10.5 Å². The number of hydrogen-bond acceptors (Lipinski definition) is 5. The molecule has 3 amide bonds. The molecule has 2 aliphatic rings. The van der Waals surface area contributed by atoms with Crippen LogP contribution in [0.1, 0.15) is 46.0 Å². The van der Waals surface area contributed by atoms with Gasteiger partial charge in [-0.2, -0.15) is 0 Å². The Kier molecular flexibility index (Phi) is 4.81. The number of halogens is 1. The second-order valence-electron chi connectivity index (χ2n) is 7.40. The van der Waals surface area contributed by atoms with Gasteiger partial charge >= 0.3 is 0 Å². The van der Waals surface area contributed by atoms with Crippen molar-refractivity contribution < 1.29 is 23.7 Å². The Hall–Kier alpha value is -3.62. The van der Waals surface area contributed by atoms with Crippen LogP contribution in [0.25, 0.3) is 0 Å². The monoisotopic (exact) mass is 411 g/mol. The second kappa shape index (κ2) is 7.33. The SMILES string of the molecule is CC(C(=O)N(Cc1ccccc1F)C1CC1)N1C(=O)c2cccc([N+](=O)[O-])c2C1=O. The number of amides is 3. The maximum absolute atomic E-state index is 14.1. The molecule has 0 bridgehead atoms. The Morgan fingerprint density at radius 1 is 1.20 bits per heavy atom. The van der Waals surface area contributed by atoms with Crippen molar-refractivity contribution in [3.8, 4) is 0 Å². The fourth-order valence-corrected chi connectivity index (χ4v) is 3.72. The highest BCUT2D eigenvalue weighted by Gasteiger charge is 2.47. The van der Waals surface area contributed by atoms with Crippen molar-refractivity contribution in [2.24, 2.45) is 0 Å². The Labute approximate surface area is 171 Å². The van der Waals surface area contributed by atoms with Gasteiger partial charge in [-0.15, -0.1) is 0 Å². The third kappa shape index (κ3) is 3.22. The molecule has 2 aromatic carbocycles. The van der Waals surface area contributed by atoms with Gasteiger partial charge in [0.25, 0.3) is 17.5 Å². The van der Waals surface area contributed by atoms with E-state index in [1.54, 1.807) is 18.2 Å². The molecule has 0 saturated heterocycles. The largest absolute Gasteiger partial charge is 0.333 e. The number of carbonyl (C=O) groups is 3. The lowest BCUT2D eigenvalue weighted by atomic mass is 10.1. The molecule has 30 heavy (non-hydrogen) atoms. The van der Waals surface area contributed by atoms with Gasteiger partial charge in [0.2, 0.25) is 5.91 Å². The summed E-state index contributed by atoms with van der Waals surface area (Å²) in [5.41, 5.74) is -0.540. The third-order valence-corrected chi connectivity index (χ3v) is 5.43. The fourth-order valence-electron chi connectivity index (χ4n) is 3.72. The predicted molar refractivity (Wildman–Crippen MR) is 103 cm³/mol. The number of rotatable bonds is 6. The molecule has 154 valence electrons. The maximum atomic E-state index is 14.1. The summed E-state index contributed by atoms with van der Waals surface area (Å²) in [6.45, 7) is 1.43. The van der Waals surface area contributed by atoms with Crippen molar-refractivity contribution in [3.05, 3.63) is 75.1 Å². The summed E-state index contributed by atoms with van der Waals surface area (Å²) >= 11 is 0. The van der Waals surface area contributed by atoms with E-state index in [-0.39, 0.29) is 23.7 Å². The van der Waals surface area contributed by atoms with E-state index in [9.17, 15) is 28.9 Å². The predicted octanol–water partition coefficient (Wildman–Crippen LogP) is 2.91. The number of nitro benzene ring substituents is 1. The van der Waals surface area contributed by atoms with E-state index in [1.165, 1.54) is 30.0 Å². The molecule has 9 heteroatoms. The minimum Gasteiger partial charge on any atom is -0.333 e. The number of imide groups is 1. The fraction of sp³-hybridized carbons (Fsp3) is 0.286. The van der Waals surface area contributed by atoms with Crippen LogP contribution in [-0.2, 0) is 11.3 Å². The van der Waals surface area contributed by atoms with E-state index in [1.807, 2.05) is 0 Å². The molecule has 8 nitrogen and oxygen atoms in total. The van der Waals surface area contributed by atoms with E-state index >= 15 is 0 Å². The second-order valence-corrected chi connectivity index (χ2v) is 7.40. The average Bonchev–Trinajstić information content (AvgIpc) is 3.53. The van der Waals surface area contributed by atoms with Gasteiger partial charge < -0.3 is 4.90 Å². The molecule has 1 saturated carbocycles. The topological polar surface area (TPSA) is 101 Å². The van der Waals surface area contributed by atoms with Gasteiger partial charge in [0.15, 0.2) is 0 Å². The minimum absolute atomic E-state index is 0.0177. The van der Waals surface area contributed by atoms with Crippen LogP contribution in [0.2, 0.25) is 0 Å². The molecule has 1 aliphatic carbocycles. The summed E-state index contributed by atoms with van der Waals surface area (Å²) in [6.07, 6.45) is 1.50. The van der Waals surface area contributed by atoms with E-state index < -0.39 is 40.2 Å². The number of benzene rings is 2. The normalized spacial score (nSPS) is 16.4. The van der Waals surface area contributed by atoms with Gasteiger partial charge in [-0.1, -0.05) is 24.3 Å². The minimum atomic E-state index is -1.18. The Morgan fingerprint density at radius 2 is 1.90 bits per heavy atom. The number of hydrogen-bond donors (Lipinski definition) is 0. The van der Waals surface area contributed by atoms with Gasteiger partial charge in [-0.3, -0.25) is 29.4 Å². The number of fused-ring (bicyclic) bond motifs is 1. The van der Waals surface area contributed by atoms with E-state index in [4.69, 9.17) is 0 Å². The van der Waals surface area contributed by atoms with Gasteiger partial charge in [0.1, 0.15) is 17.4 Å². The van der Waals surface area contributed by atoms with Crippen LogP contribution in [0.5, 0.6) is 0 Å². The standard InChI is InChI=1S/C21H18FN3O5/c1-12(19(26)23(14-9-10-14)11-13-5-2-3-7-16(13)22)24-20(27)15-6-4-8-17(25(29)30)18(15)21(24)28/h2-8,12,14H,9-11H2,1H3. The molecular formula is C21H18FN3O5. The first-order chi connectivity index (χ1) is 14.3. The molecule has 1 unspecified atom stereocenters. The highest BCUT2D eigenvalue weighted by Crippen LogP contribution is 2.34. The molecule has 2 aromatic rings. The van der Waals surface area contributed by atoms with Crippen LogP contribution < -0.4 is 0 Å². The van der Waals surface area contributed by atoms with Gasteiger partial charge in [-0.25, -0.2) is 4.39 Å². The van der Waals surface area contributed by atoms with Crippen LogP contribution in [0.3, 0.4) is 0 Å². The summed E-state index contributed by atoms with van der Waals surface area (Å²) in [6, 6.07) is 8.63. The van der Waals surface area contributed by atoms with Crippen molar-refractivity contribution in [3.63, 3.8) is 0 Å². The highest BCUT2D eigenvalue weighted by atomic mass is 19.1. The van der Waals surface area contributed by atoms with Crippen molar-refractivity contribution in [1.82, 2.24) is 9.80 Å². The van der Waals surface area contributed by atoms with E-state index in [2.05, 4.69) is 0 Å². The van der Waals surface area contributed by atoms with Crippen molar-refractivity contribution in [1.29, 1.82) is 0 Å². The lowest BCUT2D eigenvalue weighted by molar-refractivity contribution is -0.385. The van der Waals surface area contributed by atoms with E-state index in [0.717, 1.165) is 23.8 Å². The summed E-state index contributed by atoms with van der Waals surface area (Å²) in [5.74, 6) is -2.57. The lowest BCUT2D eigenvalue weighted by Gasteiger charge is -2.29. The number of nitrogens with zero attached hydrogens (tertiary/aromatic N) is 3. The Morgan fingerprint density at radius 3 is 2.53 bits per heavy atom. The van der Waals surface area contributed by atoms with Crippen LogP contribution >= 0.6 is 0 Å². The Balaban J connectivity index is 1.62. The van der Waals surface area contributed by atoms with E-state index in [0.29, 0.717) is 5.56 Å². The Bertz CT molecular complexity index is 1080. The summed E-state index contributed by atoms with van der Waals surface area (Å²) < 4.78 is 14.1. The first-order valence-electron chi connectivity index (χ1n) is 9.50. The van der Waals surface area contributed by atoms with Crippen LogP contribution in [-0.4, -0.2) is 44.5 Å². The molecule has 4 rings (SSSR count). The molecule has 1 atom stereocenters. The van der Waals surface area contributed by atoms with Crippen molar-refractivity contribution in [2.75, 3.05) is 0 Å². The van der Waals surface area contributed by atoms with Crippen LogP contribution in [0.4, 0.5) is 10.1 Å². The molecule has 1 fully saturated rings. The zero-order chi connectivity index (χ0) is 21.6. The third-order valence-electron chi connectivity index (χ3n) is 5.43. The molecule has 0 aromatic heterocycles. The summed E-state index contributed by atoms with van der Waals surface area (Å²) in [4.78, 5) is 51.7. The van der Waals surface area contributed by atoms with Crippen LogP contribution in [0.15, 0.2) is 42.5 Å². The molecular weight excluding hydrogens is 393 g/mol. The summed E-state index contributed by atoms with van der Waals surface area (Å²) in [5, 5.41) is 11.3. The molecule has 1 aliphatic heterocycles. The molecule has 0 radical (unpaired) electrons. The van der Waals surface area contributed by atoms with Crippen LogP contribution in [0, 0.1) is 15.9 Å². The zero-order valence-electron chi connectivity index (χ0n) is 16.1. The van der Waals surface area contributed by atoms with Gasteiger partial charge in [-0.05, 0) is 31.9 Å². The summed E-state index contributed by atoms with van der Waals surface area (Å²) in [7, 11) is 0. The quantitative estimate of drug-likeness (QED) is 0.413. The van der Waals surface area contributed by atoms with Crippen molar-refractivity contribution in [2.45, 2.75) is 38.4 Å². The smallest absolute Gasteiger partial charge is 0.282 e. The first kappa shape index (κ1) is 19.7. The first-order valence-corrected chi connectivity index (χ1v) is 9.50. The van der Waals surface area contributed by atoms with Gasteiger partial charge in [0, 0.05) is 24.2 Å². The average molecular weight is 411 g/mol.